The first-order valence-electron chi connectivity index (χ1n) is 5.80. The van der Waals surface area contributed by atoms with E-state index in [0.717, 1.165) is 25.9 Å². The van der Waals surface area contributed by atoms with E-state index in [0.29, 0.717) is 6.54 Å². The molecule has 1 aliphatic heterocycles. The summed E-state index contributed by atoms with van der Waals surface area (Å²) in [5, 5.41) is 2.92. The molecular formula is C11H21N3O2. The Balaban J connectivity index is 2.31. The van der Waals surface area contributed by atoms with Crippen molar-refractivity contribution in [2.24, 2.45) is 11.7 Å². The monoisotopic (exact) mass is 227 g/mol. The summed E-state index contributed by atoms with van der Waals surface area (Å²) in [5.74, 6) is -0.0784. The second-order valence-corrected chi connectivity index (χ2v) is 4.68. The highest BCUT2D eigenvalue weighted by molar-refractivity contribution is 5.79. The topological polar surface area (TPSA) is 75.4 Å². The Morgan fingerprint density at radius 3 is 2.38 bits per heavy atom. The maximum Gasteiger partial charge on any atom is 0.231 e. The van der Waals surface area contributed by atoms with Crippen LogP contribution in [0.2, 0.25) is 0 Å². The first-order valence-corrected chi connectivity index (χ1v) is 5.80. The largest absolute Gasteiger partial charge is 0.369 e. The second-order valence-electron chi connectivity index (χ2n) is 4.68. The van der Waals surface area contributed by atoms with Gasteiger partial charge in [-0.1, -0.05) is 0 Å². The fraction of sp³-hybridized carbons (Fsp3) is 0.818. The van der Waals surface area contributed by atoms with Crippen molar-refractivity contribution in [2.75, 3.05) is 19.6 Å². The average molecular weight is 227 g/mol. The molecule has 0 unspecified atom stereocenters. The van der Waals surface area contributed by atoms with E-state index in [-0.39, 0.29) is 23.8 Å². The molecule has 1 heterocycles. The Hall–Kier alpha value is -1.10. The molecule has 0 bridgehead atoms. The molecule has 3 N–H and O–H groups in total. The zero-order valence-electron chi connectivity index (χ0n) is 10.0. The van der Waals surface area contributed by atoms with Gasteiger partial charge in [-0.2, -0.15) is 0 Å². The van der Waals surface area contributed by atoms with Gasteiger partial charge >= 0.3 is 0 Å². The van der Waals surface area contributed by atoms with Crippen molar-refractivity contribution in [3.05, 3.63) is 0 Å². The van der Waals surface area contributed by atoms with Gasteiger partial charge in [-0.25, -0.2) is 0 Å². The van der Waals surface area contributed by atoms with Gasteiger partial charge in [0.15, 0.2) is 0 Å². The maximum absolute atomic E-state index is 11.7. The Labute approximate surface area is 96.4 Å². The van der Waals surface area contributed by atoms with Gasteiger partial charge in [0.2, 0.25) is 11.8 Å². The molecule has 0 atom stereocenters. The fourth-order valence-corrected chi connectivity index (χ4v) is 1.98. The minimum atomic E-state index is -0.301. The molecule has 0 aromatic rings. The van der Waals surface area contributed by atoms with Gasteiger partial charge in [0, 0.05) is 12.0 Å². The summed E-state index contributed by atoms with van der Waals surface area (Å²) in [4.78, 5) is 24.4. The number of primary amides is 1. The van der Waals surface area contributed by atoms with Crippen molar-refractivity contribution in [2.45, 2.75) is 32.7 Å². The molecule has 5 nitrogen and oxygen atoms in total. The predicted molar refractivity (Wildman–Crippen MR) is 61.6 cm³/mol. The lowest BCUT2D eigenvalue weighted by Gasteiger charge is -2.30. The van der Waals surface area contributed by atoms with E-state index in [1.165, 1.54) is 0 Å². The third-order valence-corrected chi connectivity index (χ3v) is 2.77. The molecule has 1 rings (SSSR count). The van der Waals surface area contributed by atoms with Crippen LogP contribution in [0.1, 0.15) is 26.7 Å². The molecule has 5 heteroatoms. The van der Waals surface area contributed by atoms with Crippen LogP contribution in [-0.4, -0.2) is 42.4 Å². The lowest BCUT2D eigenvalue weighted by Crippen LogP contribution is -2.44. The van der Waals surface area contributed by atoms with Gasteiger partial charge in [0.05, 0.1) is 6.54 Å². The van der Waals surface area contributed by atoms with E-state index in [2.05, 4.69) is 5.32 Å². The number of nitrogens with zero attached hydrogens (tertiary/aromatic N) is 1. The number of nitrogens with one attached hydrogen (secondary N) is 1. The van der Waals surface area contributed by atoms with Gasteiger partial charge in [0.1, 0.15) is 0 Å². The summed E-state index contributed by atoms with van der Waals surface area (Å²) >= 11 is 0. The molecule has 0 spiro atoms. The first-order chi connectivity index (χ1) is 7.49. The van der Waals surface area contributed by atoms with Crippen LogP contribution in [0, 0.1) is 5.92 Å². The smallest absolute Gasteiger partial charge is 0.231 e. The lowest BCUT2D eigenvalue weighted by molar-refractivity contribution is -0.127. The summed E-state index contributed by atoms with van der Waals surface area (Å²) in [6.45, 7) is 5.77. The number of hydrogen-bond acceptors (Lipinski definition) is 3. The van der Waals surface area contributed by atoms with Crippen molar-refractivity contribution in [3.63, 3.8) is 0 Å². The molecule has 1 saturated heterocycles. The molecule has 92 valence electrons. The van der Waals surface area contributed by atoms with Gasteiger partial charge in [0.25, 0.3) is 0 Å². The number of amides is 2. The number of likely N-dealkylation sites (tertiary alicyclic amines) is 1. The van der Waals surface area contributed by atoms with Crippen LogP contribution in [-0.2, 0) is 9.59 Å². The van der Waals surface area contributed by atoms with Crippen LogP contribution in [0.5, 0.6) is 0 Å². The molecule has 0 aromatic carbocycles. The molecule has 16 heavy (non-hydrogen) atoms. The standard InChI is InChI=1S/C11H21N3O2/c1-8(2)13-11(16)9-3-5-14(6-4-9)7-10(12)15/h8-9H,3-7H2,1-2H3,(H2,12,15)(H,13,16). The summed E-state index contributed by atoms with van der Waals surface area (Å²) in [7, 11) is 0. The van der Waals surface area contributed by atoms with Crippen molar-refractivity contribution in [3.8, 4) is 0 Å². The third kappa shape index (κ3) is 4.18. The molecular weight excluding hydrogens is 206 g/mol. The minimum Gasteiger partial charge on any atom is -0.369 e. The van der Waals surface area contributed by atoms with E-state index >= 15 is 0 Å². The highest BCUT2D eigenvalue weighted by Gasteiger charge is 2.25. The van der Waals surface area contributed by atoms with E-state index in [1.807, 2.05) is 18.7 Å². The van der Waals surface area contributed by atoms with Crippen LogP contribution in [0.3, 0.4) is 0 Å². The quantitative estimate of drug-likeness (QED) is 0.693. The summed E-state index contributed by atoms with van der Waals surface area (Å²) in [6, 6.07) is 0.191. The van der Waals surface area contributed by atoms with Crippen molar-refractivity contribution in [1.29, 1.82) is 0 Å². The Morgan fingerprint density at radius 2 is 1.94 bits per heavy atom. The molecule has 0 saturated carbocycles. The Kier molecular flexibility index (Phi) is 4.73. The number of piperidine rings is 1. The lowest BCUT2D eigenvalue weighted by atomic mass is 9.95. The summed E-state index contributed by atoms with van der Waals surface area (Å²) in [5.41, 5.74) is 5.12. The van der Waals surface area contributed by atoms with E-state index < -0.39 is 0 Å². The predicted octanol–water partition coefficient (Wildman–Crippen LogP) is -0.292. The van der Waals surface area contributed by atoms with Gasteiger partial charge in [-0.15, -0.1) is 0 Å². The number of hydrogen-bond donors (Lipinski definition) is 2. The molecule has 1 fully saturated rings. The van der Waals surface area contributed by atoms with Crippen LogP contribution in [0.4, 0.5) is 0 Å². The zero-order chi connectivity index (χ0) is 12.1. The highest BCUT2D eigenvalue weighted by Crippen LogP contribution is 2.17. The number of nitrogens with two attached hydrogens (primary N) is 1. The van der Waals surface area contributed by atoms with Crippen molar-refractivity contribution < 1.29 is 9.59 Å². The maximum atomic E-state index is 11.7. The van der Waals surface area contributed by atoms with E-state index in [9.17, 15) is 9.59 Å². The minimum absolute atomic E-state index is 0.0894. The molecule has 1 aliphatic rings. The van der Waals surface area contributed by atoms with Crippen LogP contribution in [0.15, 0.2) is 0 Å². The second kappa shape index (κ2) is 5.84. The highest BCUT2D eigenvalue weighted by atomic mass is 16.2. The molecule has 0 aliphatic carbocycles. The Morgan fingerprint density at radius 1 is 1.38 bits per heavy atom. The third-order valence-electron chi connectivity index (χ3n) is 2.77. The summed E-state index contributed by atoms with van der Waals surface area (Å²) in [6.07, 6.45) is 1.62. The zero-order valence-corrected chi connectivity index (χ0v) is 10.0. The van der Waals surface area contributed by atoms with E-state index in [4.69, 9.17) is 5.73 Å². The van der Waals surface area contributed by atoms with Crippen molar-refractivity contribution in [1.82, 2.24) is 10.2 Å². The fourth-order valence-electron chi connectivity index (χ4n) is 1.98. The van der Waals surface area contributed by atoms with Crippen LogP contribution < -0.4 is 11.1 Å². The first kappa shape index (κ1) is 13.0. The van der Waals surface area contributed by atoms with Crippen LogP contribution in [0.25, 0.3) is 0 Å². The SMILES string of the molecule is CC(C)NC(=O)C1CCN(CC(N)=O)CC1. The molecule has 2 amide bonds. The molecule has 0 aromatic heterocycles. The number of carbonyl (C=O) groups excluding carboxylic acids is 2. The number of carbonyl (C=O) groups is 2. The summed E-state index contributed by atoms with van der Waals surface area (Å²) < 4.78 is 0. The van der Waals surface area contributed by atoms with Gasteiger partial charge in [-0.05, 0) is 39.8 Å². The normalized spacial score (nSPS) is 18.7. The van der Waals surface area contributed by atoms with Gasteiger partial charge in [-0.3, -0.25) is 14.5 Å². The number of rotatable bonds is 4. The Bertz CT molecular complexity index is 258. The van der Waals surface area contributed by atoms with Crippen molar-refractivity contribution >= 4 is 11.8 Å². The van der Waals surface area contributed by atoms with E-state index in [1.54, 1.807) is 0 Å². The molecule has 0 radical (unpaired) electrons. The van der Waals surface area contributed by atoms with Crippen LogP contribution >= 0.6 is 0 Å². The average Bonchev–Trinajstić information content (AvgIpc) is 2.16. The van der Waals surface area contributed by atoms with Gasteiger partial charge < -0.3 is 11.1 Å².